The highest BCUT2D eigenvalue weighted by Crippen LogP contribution is 2.17. The molecule has 0 spiro atoms. The minimum absolute atomic E-state index is 0.484. The number of nitrogens with zero attached hydrogens (tertiary/aromatic N) is 1. The summed E-state index contributed by atoms with van der Waals surface area (Å²) in [4.78, 5) is 2.62. The van der Waals surface area contributed by atoms with Crippen LogP contribution in [-0.4, -0.2) is 44.8 Å². The first-order valence-electron chi connectivity index (χ1n) is 7.90. The maximum Gasteiger partial charge on any atom is 0.0462 e. The van der Waals surface area contributed by atoms with E-state index in [0.29, 0.717) is 6.04 Å². The average Bonchev–Trinajstić information content (AvgIpc) is 2.74. The molecule has 0 saturated carbocycles. The van der Waals surface area contributed by atoms with Gasteiger partial charge in [-0.2, -0.15) is 0 Å². The highest BCUT2D eigenvalue weighted by molar-refractivity contribution is 5.19. The lowest BCUT2D eigenvalue weighted by molar-refractivity contribution is 0.188. The molecule has 1 saturated heterocycles. The van der Waals surface area contributed by atoms with Crippen LogP contribution in [0, 0.1) is 0 Å². The maximum absolute atomic E-state index is 5.11. The average molecular weight is 276 g/mol. The van der Waals surface area contributed by atoms with Crippen molar-refractivity contribution in [3.05, 3.63) is 35.9 Å². The van der Waals surface area contributed by atoms with Gasteiger partial charge in [-0.15, -0.1) is 0 Å². The summed E-state index contributed by atoms with van der Waals surface area (Å²) in [7, 11) is 1.78. The van der Waals surface area contributed by atoms with E-state index in [1.165, 1.54) is 44.3 Å². The molecule has 0 aromatic heterocycles. The molecule has 1 aliphatic heterocycles. The van der Waals surface area contributed by atoms with Crippen molar-refractivity contribution in [3.63, 3.8) is 0 Å². The molecule has 2 rings (SSSR count). The fourth-order valence-electron chi connectivity index (χ4n) is 2.86. The van der Waals surface area contributed by atoms with E-state index in [9.17, 15) is 0 Å². The quantitative estimate of drug-likeness (QED) is 0.775. The Bertz CT molecular complexity index is 355. The molecule has 1 heterocycles. The van der Waals surface area contributed by atoms with Gasteiger partial charge < -0.3 is 15.0 Å². The van der Waals surface area contributed by atoms with Crippen molar-refractivity contribution >= 4 is 0 Å². The second-order valence-electron chi connectivity index (χ2n) is 5.63. The number of hydrogen-bond acceptors (Lipinski definition) is 3. The van der Waals surface area contributed by atoms with Gasteiger partial charge >= 0.3 is 0 Å². The first-order valence-corrected chi connectivity index (χ1v) is 7.90. The predicted octanol–water partition coefficient (Wildman–Crippen LogP) is 2.84. The Balaban J connectivity index is 1.78. The Morgan fingerprint density at radius 3 is 2.85 bits per heavy atom. The molecule has 3 nitrogen and oxygen atoms in total. The summed E-state index contributed by atoms with van der Waals surface area (Å²) in [6.45, 7) is 5.59. The van der Waals surface area contributed by atoms with Gasteiger partial charge in [0.05, 0.1) is 0 Å². The molecule has 1 aromatic rings. The largest absolute Gasteiger partial charge is 0.385 e. The van der Waals surface area contributed by atoms with Crippen molar-refractivity contribution in [1.29, 1.82) is 0 Å². The van der Waals surface area contributed by atoms with Crippen LogP contribution in [0.15, 0.2) is 30.3 Å². The number of unbranched alkanes of at least 4 members (excludes halogenated alkanes) is 2. The molecular formula is C17H28N2O. The summed E-state index contributed by atoms with van der Waals surface area (Å²) in [6, 6.07) is 11.3. The highest BCUT2D eigenvalue weighted by Gasteiger charge is 2.18. The molecule has 3 heteroatoms. The van der Waals surface area contributed by atoms with Crippen molar-refractivity contribution in [2.75, 3.05) is 39.9 Å². The topological polar surface area (TPSA) is 24.5 Å². The number of ether oxygens (including phenoxy) is 1. The Hall–Kier alpha value is -0.900. The molecular weight excluding hydrogens is 248 g/mol. The zero-order valence-corrected chi connectivity index (χ0v) is 12.7. The van der Waals surface area contributed by atoms with Crippen molar-refractivity contribution in [1.82, 2.24) is 10.2 Å². The van der Waals surface area contributed by atoms with Crippen molar-refractivity contribution < 1.29 is 4.74 Å². The van der Waals surface area contributed by atoms with E-state index in [1.807, 2.05) is 0 Å². The SMILES string of the molecule is COCCCCCN1CCCNC(c2ccccc2)C1. The third kappa shape index (κ3) is 5.23. The first kappa shape index (κ1) is 15.5. The van der Waals surface area contributed by atoms with E-state index >= 15 is 0 Å². The fourth-order valence-corrected chi connectivity index (χ4v) is 2.86. The molecule has 1 atom stereocenters. The van der Waals surface area contributed by atoms with Gasteiger partial charge in [0.1, 0.15) is 0 Å². The van der Waals surface area contributed by atoms with Crippen LogP contribution in [0.1, 0.15) is 37.3 Å². The minimum atomic E-state index is 0.484. The predicted molar refractivity (Wildman–Crippen MR) is 84.0 cm³/mol. The molecule has 20 heavy (non-hydrogen) atoms. The first-order chi connectivity index (χ1) is 9.90. The molecule has 112 valence electrons. The third-order valence-corrected chi connectivity index (χ3v) is 4.01. The number of nitrogens with one attached hydrogen (secondary N) is 1. The molecule has 0 aliphatic carbocycles. The van der Waals surface area contributed by atoms with Crippen molar-refractivity contribution in [3.8, 4) is 0 Å². The molecule has 1 fully saturated rings. The smallest absolute Gasteiger partial charge is 0.0462 e. The second-order valence-corrected chi connectivity index (χ2v) is 5.63. The summed E-state index contributed by atoms with van der Waals surface area (Å²) in [5.41, 5.74) is 1.42. The second kappa shape index (κ2) is 9.11. The monoisotopic (exact) mass is 276 g/mol. The van der Waals surface area contributed by atoms with E-state index in [1.54, 1.807) is 7.11 Å². The maximum atomic E-state index is 5.11. The van der Waals surface area contributed by atoms with E-state index in [0.717, 1.165) is 19.7 Å². The Kier molecular flexibility index (Phi) is 7.06. The summed E-state index contributed by atoms with van der Waals surface area (Å²) in [5.74, 6) is 0. The van der Waals surface area contributed by atoms with Gasteiger partial charge in [0, 0.05) is 26.3 Å². The van der Waals surface area contributed by atoms with Crippen LogP contribution in [0.3, 0.4) is 0 Å². The molecule has 1 unspecified atom stereocenters. The highest BCUT2D eigenvalue weighted by atomic mass is 16.5. The summed E-state index contributed by atoms with van der Waals surface area (Å²) in [5, 5.41) is 3.68. The Morgan fingerprint density at radius 1 is 1.20 bits per heavy atom. The van der Waals surface area contributed by atoms with Crippen LogP contribution in [0.25, 0.3) is 0 Å². The normalized spacial score (nSPS) is 20.8. The lowest BCUT2D eigenvalue weighted by Crippen LogP contribution is -2.32. The number of hydrogen-bond donors (Lipinski definition) is 1. The van der Waals surface area contributed by atoms with Crippen LogP contribution in [-0.2, 0) is 4.74 Å². The van der Waals surface area contributed by atoms with Gasteiger partial charge in [-0.25, -0.2) is 0 Å². The third-order valence-electron chi connectivity index (χ3n) is 4.01. The summed E-state index contributed by atoms with van der Waals surface area (Å²) in [6.07, 6.45) is 4.99. The van der Waals surface area contributed by atoms with E-state index in [-0.39, 0.29) is 0 Å². The molecule has 1 N–H and O–H groups in total. The van der Waals surface area contributed by atoms with Crippen LogP contribution in [0.4, 0.5) is 0 Å². The van der Waals surface area contributed by atoms with Gasteiger partial charge in [0.15, 0.2) is 0 Å². The van der Waals surface area contributed by atoms with Gasteiger partial charge in [0.2, 0.25) is 0 Å². The fraction of sp³-hybridized carbons (Fsp3) is 0.647. The molecule has 1 aromatic carbocycles. The zero-order chi connectivity index (χ0) is 14.0. The molecule has 0 amide bonds. The zero-order valence-electron chi connectivity index (χ0n) is 12.7. The summed E-state index contributed by atoms with van der Waals surface area (Å²) >= 11 is 0. The van der Waals surface area contributed by atoms with Gasteiger partial charge in [-0.3, -0.25) is 0 Å². The Labute approximate surface area is 123 Å². The van der Waals surface area contributed by atoms with Crippen molar-refractivity contribution in [2.24, 2.45) is 0 Å². The number of methoxy groups -OCH3 is 1. The lowest BCUT2D eigenvalue weighted by Gasteiger charge is -2.24. The van der Waals surface area contributed by atoms with Gasteiger partial charge in [-0.1, -0.05) is 30.3 Å². The Morgan fingerprint density at radius 2 is 2.05 bits per heavy atom. The van der Waals surface area contributed by atoms with E-state index < -0.39 is 0 Å². The lowest BCUT2D eigenvalue weighted by atomic mass is 10.1. The minimum Gasteiger partial charge on any atom is -0.385 e. The molecule has 0 radical (unpaired) electrons. The van der Waals surface area contributed by atoms with E-state index in [2.05, 4.69) is 40.5 Å². The standard InChI is InChI=1S/C17H28N2O/c1-20-14-7-3-6-12-19-13-8-11-18-17(15-19)16-9-4-2-5-10-16/h2,4-5,9-10,17-18H,3,6-8,11-15H2,1H3. The number of rotatable bonds is 7. The van der Waals surface area contributed by atoms with Crippen LogP contribution in [0.2, 0.25) is 0 Å². The molecule has 1 aliphatic rings. The van der Waals surface area contributed by atoms with Crippen LogP contribution >= 0.6 is 0 Å². The van der Waals surface area contributed by atoms with Crippen LogP contribution in [0.5, 0.6) is 0 Å². The molecule has 0 bridgehead atoms. The summed E-state index contributed by atoms with van der Waals surface area (Å²) < 4.78 is 5.11. The van der Waals surface area contributed by atoms with Gasteiger partial charge in [0.25, 0.3) is 0 Å². The number of benzene rings is 1. The van der Waals surface area contributed by atoms with Gasteiger partial charge in [-0.05, 0) is 50.9 Å². The van der Waals surface area contributed by atoms with E-state index in [4.69, 9.17) is 4.74 Å². The van der Waals surface area contributed by atoms with Crippen LogP contribution < -0.4 is 5.32 Å². The van der Waals surface area contributed by atoms with Crippen molar-refractivity contribution in [2.45, 2.75) is 31.7 Å².